The Bertz CT molecular complexity index is 613. The molecule has 3 rings (SSSR count). The minimum Gasteiger partial charge on any atom is -0.290 e. The lowest BCUT2D eigenvalue weighted by molar-refractivity contribution is 0.102. The van der Waals surface area contributed by atoms with Gasteiger partial charge in [-0.15, -0.1) is 10.2 Å². The Balaban J connectivity index is 1.82. The summed E-state index contributed by atoms with van der Waals surface area (Å²) in [6, 6.07) is 7.23. The monoisotopic (exact) mass is 324 g/mol. The van der Waals surface area contributed by atoms with Crippen LogP contribution in [-0.2, 0) is 6.54 Å². The van der Waals surface area contributed by atoms with E-state index in [1.165, 1.54) is 0 Å². The summed E-state index contributed by atoms with van der Waals surface area (Å²) in [5.74, 6) is 1.31. The summed E-state index contributed by atoms with van der Waals surface area (Å²) < 4.78 is 2.79. The van der Waals surface area contributed by atoms with Gasteiger partial charge in [0.15, 0.2) is 5.16 Å². The molecule has 0 atom stereocenters. The van der Waals surface area contributed by atoms with Crippen LogP contribution in [0, 0.1) is 0 Å². The number of thioether (sulfide) groups is 1. The molecule has 5 nitrogen and oxygen atoms in total. The van der Waals surface area contributed by atoms with Gasteiger partial charge in [0, 0.05) is 22.3 Å². The number of aromatic nitrogens is 3. The number of hydrogen-bond donors (Lipinski definition) is 1. The lowest BCUT2D eigenvalue weighted by atomic mass is 10.2. The molecule has 0 radical (unpaired) electrons. The molecular weight excluding hydrogens is 316 g/mol. The number of carbonyl (C=O) groups is 1. The van der Waals surface area contributed by atoms with Crippen LogP contribution < -0.4 is 5.32 Å². The van der Waals surface area contributed by atoms with Crippen molar-refractivity contribution in [2.45, 2.75) is 11.7 Å². The Labute approximate surface area is 116 Å². The van der Waals surface area contributed by atoms with Crippen LogP contribution in [0.25, 0.3) is 0 Å². The first kappa shape index (κ1) is 11.7. The topological polar surface area (TPSA) is 59.8 Å². The molecule has 2 heterocycles. The van der Waals surface area contributed by atoms with Gasteiger partial charge >= 0.3 is 0 Å². The van der Waals surface area contributed by atoms with E-state index >= 15 is 0 Å². The van der Waals surface area contributed by atoms with E-state index in [2.05, 4.69) is 31.4 Å². The average Bonchev–Trinajstić information content (AvgIpc) is 2.94. The van der Waals surface area contributed by atoms with Crippen LogP contribution in [0.1, 0.15) is 10.4 Å². The van der Waals surface area contributed by atoms with E-state index in [1.54, 1.807) is 23.9 Å². The maximum absolute atomic E-state index is 12.0. The molecule has 0 aliphatic carbocycles. The Morgan fingerprint density at radius 1 is 1.44 bits per heavy atom. The van der Waals surface area contributed by atoms with Crippen molar-refractivity contribution in [3.63, 3.8) is 0 Å². The molecule has 0 spiro atoms. The lowest BCUT2D eigenvalue weighted by Gasteiger charge is -2.05. The summed E-state index contributed by atoms with van der Waals surface area (Å²) >= 11 is 4.99. The highest BCUT2D eigenvalue weighted by Gasteiger charge is 2.19. The van der Waals surface area contributed by atoms with Crippen LogP contribution in [0.15, 0.2) is 33.9 Å². The number of rotatable bonds is 2. The molecule has 0 fully saturated rings. The molecule has 1 aliphatic rings. The van der Waals surface area contributed by atoms with Gasteiger partial charge in [-0.05, 0) is 18.2 Å². The largest absolute Gasteiger partial charge is 0.290 e. The van der Waals surface area contributed by atoms with Crippen molar-refractivity contribution in [2.24, 2.45) is 0 Å². The molecule has 1 aromatic carbocycles. The average molecular weight is 325 g/mol. The molecule has 0 unspecified atom stereocenters. The number of anilines is 1. The zero-order chi connectivity index (χ0) is 12.5. The fourth-order valence-corrected chi connectivity index (χ4v) is 3.01. The van der Waals surface area contributed by atoms with Gasteiger partial charge in [-0.25, -0.2) is 0 Å². The fourth-order valence-electron chi connectivity index (χ4n) is 1.72. The van der Waals surface area contributed by atoms with Gasteiger partial charge in [0.2, 0.25) is 5.95 Å². The Hall–Kier alpha value is -1.34. The van der Waals surface area contributed by atoms with Crippen LogP contribution in [-0.4, -0.2) is 26.4 Å². The summed E-state index contributed by atoms with van der Waals surface area (Å²) in [6.07, 6.45) is 0. The second kappa shape index (κ2) is 4.74. The number of benzene rings is 1. The Morgan fingerprint density at radius 3 is 3.17 bits per heavy atom. The van der Waals surface area contributed by atoms with E-state index in [4.69, 9.17) is 0 Å². The first-order valence-corrected chi connectivity index (χ1v) is 7.15. The Kier molecular flexibility index (Phi) is 3.09. The summed E-state index contributed by atoms with van der Waals surface area (Å²) in [7, 11) is 0. The minimum absolute atomic E-state index is 0.177. The number of carbonyl (C=O) groups excluding carboxylic acids is 1. The summed E-state index contributed by atoms with van der Waals surface area (Å²) in [6.45, 7) is 0.834. The predicted octanol–water partition coefficient (Wildman–Crippen LogP) is 2.40. The molecular formula is C11H9BrN4OS. The van der Waals surface area contributed by atoms with Gasteiger partial charge in [0.1, 0.15) is 0 Å². The third kappa shape index (κ3) is 2.15. The number of amides is 1. The van der Waals surface area contributed by atoms with Crippen molar-refractivity contribution < 1.29 is 4.79 Å². The first-order valence-electron chi connectivity index (χ1n) is 5.37. The fraction of sp³-hybridized carbons (Fsp3) is 0.182. The summed E-state index contributed by atoms with van der Waals surface area (Å²) in [5.41, 5.74) is 0.590. The number of nitrogens with zero attached hydrogens (tertiary/aromatic N) is 3. The van der Waals surface area contributed by atoms with E-state index in [-0.39, 0.29) is 5.91 Å². The number of hydrogen-bond acceptors (Lipinski definition) is 4. The molecule has 92 valence electrons. The zero-order valence-electron chi connectivity index (χ0n) is 9.26. The van der Waals surface area contributed by atoms with Gasteiger partial charge in [0.05, 0.1) is 0 Å². The van der Waals surface area contributed by atoms with Gasteiger partial charge in [-0.3, -0.25) is 14.7 Å². The van der Waals surface area contributed by atoms with E-state index in [9.17, 15) is 4.79 Å². The Morgan fingerprint density at radius 2 is 2.33 bits per heavy atom. The molecule has 18 heavy (non-hydrogen) atoms. The normalized spacial score (nSPS) is 13.4. The van der Waals surface area contributed by atoms with E-state index in [0.29, 0.717) is 11.5 Å². The van der Waals surface area contributed by atoms with Gasteiger partial charge in [-0.2, -0.15) is 0 Å². The van der Waals surface area contributed by atoms with Crippen LogP contribution >= 0.6 is 27.7 Å². The molecule has 1 aliphatic heterocycles. The standard InChI is InChI=1S/C11H9BrN4OS/c12-8-3-1-2-7(6-8)9(17)13-10-14-15-11-16(10)4-5-18-11/h1-3,6H,4-5H2,(H,13,14,17). The molecule has 1 amide bonds. The number of halogens is 1. The smallest absolute Gasteiger partial charge is 0.258 e. The van der Waals surface area contributed by atoms with Crippen molar-refractivity contribution in [3.05, 3.63) is 34.3 Å². The summed E-state index contributed by atoms with van der Waals surface area (Å²) in [5, 5.41) is 11.6. The van der Waals surface area contributed by atoms with Crippen LogP contribution in [0.4, 0.5) is 5.95 Å². The molecule has 0 saturated heterocycles. The zero-order valence-corrected chi connectivity index (χ0v) is 11.7. The van der Waals surface area contributed by atoms with Crippen molar-refractivity contribution in [3.8, 4) is 0 Å². The van der Waals surface area contributed by atoms with Gasteiger partial charge in [-0.1, -0.05) is 33.8 Å². The molecule has 1 N–H and O–H groups in total. The minimum atomic E-state index is -0.177. The third-order valence-corrected chi connectivity index (χ3v) is 4.02. The number of nitrogens with one attached hydrogen (secondary N) is 1. The third-order valence-electron chi connectivity index (χ3n) is 2.58. The number of fused-ring (bicyclic) bond motifs is 1. The maximum atomic E-state index is 12.0. The highest BCUT2D eigenvalue weighted by molar-refractivity contribution is 9.10. The van der Waals surface area contributed by atoms with Crippen molar-refractivity contribution in [1.29, 1.82) is 0 Å². The van der Waals surface area contributed by atoms with Crippen molar-refractivity contribution >= 4 is 39.5 Å². The molecule has 1 aromatic heterocycles. The van der Waals surface area contributed by atoms with Gasteiger partial charge in [0.25, 0.3) is 5.91 Å². The predicted molar refractivity (Wildman–Crippen MR) is 72.8 cm³/mol. The summed E-state index contributed by atoms with van der Waals surface area (Å²) in [4.78, 5) is 12.0. The maximum Gasteiger partial charge on any atom is 0.258 e. The highest BCUT2D eigenvalue weighted by Crippen LogP contribution is 2.26. The van der Waals surface area contributed by atoms with E-state index in [0.717, 1.165) is 21.9 Å². The molecule has 0 saturated carbocycles. The van der Waals surface area contributed by atoms with Crippen LogP contribution in [0.3, 0.4) is 0 Å². The van der Waals surface area contributed by atoms with Crippen molar-refractivity contribution in [2.75, 3.05) is 11.1 Å². The van der Waals surface area contributed by atoms with E-state index in [1.807, 2.05) is 16.7 Å². The lowest BCUT2D eigenvalue weighted by Crippen LogP contribution is -2.15. The molecule has 7 heteroatoms. The first-order chi connectivity index (χ1) is 8.74. The SMILES string of the molecule is O=C(Nc1nnc2n1CCS2)c1cccc(Br)c1. The van der Waals surface area contributed by atoms with E-state index < -0.39 is 0 Å². The van der Waals surface area contributed by atoms with Crippen LogP contribution in [0.2, 0.25) is 0 Å². The molecule has 0 bridgehead atoms. The second-order valence-electron chi connectivity index (χ2n) is 3.77. The highest BCUT2D eigenvalue weighted by atomic mass is 79.9. The van der Waals surface area contributed by atoms with Gasteiger partial charge < -0.3 is 0 Å². The van der Waals surface area contributed by atoms with Crippen molar-refractivity contribution in [1.82, 2.24) is 14.8 Å². The van der Waals surface area contributed by atoms with Crippen LogP contribution in [0.5, 0.6) is 0 Å². The quantitative estimate of drug-likeness (QED) is 0.921. The molecule has 2 aromatic rings. The second-order valence-corrected chi connectivity index (χ2v) is 5.75.